The number of aliphatic carboxylic acids is 3. The van der Waals surface area contributed by atoms with E-state index in [2.05, 4.69) is 0 Å². The summed E-state index contributed by atoms with van der Waals surface area (Å²) in [5.41, 5.74) is 7.23. The van der Waals surface area contributed by atoms with Gasteiger partial charge in [-0.05, 0) is 62.5 Å². The van der Waals surface area contributed by atoms with Crippen LogP contribution in [0, 0.1) is 23.7 Å². The molecular formula is C51H85NO19. The van der Waals surface area contributed by atoms with Crippen molar-refractivity contribution in [2.75, 3.05) is 56.9 Å². The summed E-state index contributed by atoms with van der Waals surface area (Å²) in [5.74, 6) is -4.02. The van der Waals surface area contributed by atoms with Crippen LogP contribution in [0.25, 0.3) is 0 Å². The minimum absolute atomic E-state index is 0.156. The number of rotatable bonds is 32. The molecule has 0 aliphatic heterocycles. The van der Waals surface area contributed by atoms with Gasteiger partial charge in [0.1, 0.15) is 25.5 Å². The Kier molecular flexibility index (Phi) is 45.8. The first-order valence-electron chi connectivity index (χ1n) is 23.3. The lowest BCUT2D eigenvalue weighted by atomic mass is 10.1. The van der Waals surface area contributed by atoms with Crippen molar-refractivity contribution in [1.82, 2.24) is 0 Å². The van der Waals surface area contributed by atoms with Crippen molar-refractivity contribution in [3.8, 4) is 0 Å². The largest absolute Gasteiger partial charge is 0.481 e. The van der Waals surface area contributed by atoms with Gasteiger partial charge in [0.2, 0.25) is 0 Å². The van der Waals surface area contributed by atoms with Gasteiger partial charge in [-0.15, -0.1) is 0 Å². The topological polar surface area (TPSA) is 281 Å². The number of nitrogens with two attached hydrogens (primary N) is 1. The lowest BCUT2D eigenvalue weighted by Gasteiger charge is -2.16. The van der Waals surface area contributed by atoms with Gasteiger partial charge in [0, 0.05) is 69.7 Å². The van der Waals surface area contributed by atoms with E-state index in [-0.39, 0.29) is 60.8 Å². The maximum atomic E-state index is 11.8. The highest BCUT2D eigenvalue weighted by atomic mass is 16.7. The summed E-state index contributed by atoms with van der Waals surface area (Å²) in [6.07, 6.45) is 5.14. The summed E-state index contributed by atoms with van der Waals surface area (Å²) in [5, 5.41) is 25.6. The van der Waals surface area contributed by atoms with E-state index in [0.29, 0.717) is 77.4 Å². The predicted octanol–water partition coefficient (Wildman–Crippen LogP) is 7.12. The van der Waals surface area contributed by atoms with Crippen LogP contribution in [0.2, 0.25) is 0 Å². The average molecular weight is 1020 g/mol. The molecule has 71 heavy (non-hydrogen) atoms. The molecule has 0 spiro atoms. The third-order valence-corrected chi connectivity index (χ3v) is 10.5. The first kappa shape index (κ1) is 70.4. The number of benzene rings is 2. The van der Waals surface area contributed by atoms with Crippen molar-refractivity contribution in [1.29, 1.82) is 0 Å². The van der Waals surface area contributed by atoms with Crippen LogP contribution < -0.4 is 5.73 Å². The van der Waals surface area contributed by atoms with Gasteiger partial charge < -0.3 is 73.2 Å². The van der Waals surface area contributed by atoms with E-state index >= 15 is 0 Å². The number of hydrogen-bond donors (Lipinski definition) is 4. The van der Waals surface area contributed by atoms with Crippen LogP contribution in [-0.4, -0.2) is 140 Å². The van der Waals surface area contributed by atoms with E-state index in [4.69, 9.17) is 68.4 Å². The van der Waals surface area contributed by atoms with Crippen LogP contribution in [0.5, 0.6) is 0 Å². The molecule has 5 unspecified atom stereocenters. The Bertz CT molecular complexity index is 1540. The highest BCUT2D eigenvalue weighted by molar-refractivity contribution is 5.73. The molecule has 2 rings (SSSR count). The zero-order valence-electron chi connectivity index (χ0n) is 44.0. The molecule has 2 aromatic rings. The summed E-state index contributed by atoms with van der Waals surface area (Å²) in [7, 11) is 12.3. The second kappa shape index (κ2) is 46.2. The Balaban J connectivity index is -0.000000827. The number of ether oxygens (including phenoxy) is 10. The summed E-state index contributed by atoms with van der Waals surface area (Å²) in [6.45, 7) is 7.59. The zero-order chi connectivity index (χ0) is 54.6. The van der Waals surface area contributed by atoms with Gasteiger partial charge in [0.25, 0.3) is 0 Å². The third-order valence-electron chi connectivity index (χ3n) is 10.5. The maximum Gasteiger partial charge on any atom is 0.320 e. The van der Waals surface area contributed by atoms with Crippen LogP contribution in [0.15, 0.2) is 60.7 Å². The van der Waals surface area contributed by atoms with E-state index < -0.39 is 23.9 Å². The quantitative estimate of drug-likeness (QED) is 0.0322. The molecule has 0 saturated heterocycles. The Morgan fingerprint density at radius 1 is 0.437 bits per heavy atom. The Labute approximate surface area is 421 Å². The number of esters is 2. The number of carboxylic acid groups (broad SMARTS) is 3. The fourth-order valence-corrected chi connectivity index (χ4v) is 5.47. The van der Waals surface area contributed by atoms with Crippen LogP contribution in [0.3, 0.4) is 0 Å². The van der Waals surface area contributed by atoms with Crippen molar-refractivity contribution in [3.63, 3.8) is 0 Å². The van der Waals surface area contributed by atoms with E-state index in [1.54, 1.807) is 63.4 Å². The van der Waals surface area contributed by atoms with Gasteiger partial charge in [0.05, 0.1) is 23.7 Å². The zero-order valence-corrected chi connectivity index (χ0v) is 44.0. The summed E-state index contributed by atoms with van der Waals surface area (Å²) in [4.78, 5) is 64.5. The van der Waals surface area contributed by atoms with Gasteiger partial charge in [0.15, 0.2) is 25.2 Å². The fourth-order valence-electron chi connectivity index (χ4n) is 5.47. The van der Waals surface area contributed by atoms with E-state index in [1.807, 2.05) is 67.6 Å². The standard InChI is InChI=1S/C15H22O4.C13H16O3.2C8H16O4.C7H15NO4/c1-12(9-10-14(17-2)18-3)15(16)19-11-13-7-5-4-6-8-13;1-11(6-5-9-14)13(15)16-10-12-7-3-2-4-8-12;2*1-6(8(9)10)4-5-7(11-2)12-3;1-11-6(12-2)4-3-5(8)7(9)10/h4-8,12,14H,9-11H2,1-3H3;2-4,7-9,11H,5-6,10H2,1H3;2*6-7H,4-5H2,1-3H3,(H,9,10);5-6H,3-4,8H2,1-2H3,(H,9,10). The highest BCUT2D eigenvalue weighted by Gasteiger charge is 2.19. The molecule has 0 heterocycles. The van der Waals surface area contributed by atoms with Gasteiger partial charge in [-0.1, -0.05) is 88.4 Å². The summed E-state index contributed by atoms with van der Waals surface area (Å²) >= 11 is 0. The molecule has 0 saturated carbocycles. The second-order valence-electron chi connectivity index (χ2n) is 16.1. The van der Waals surface area contributed by atoms with E-state index in [9.17, 15) is 28.8 Å². The third kappa shape index (κ3) is 39.4. The number of carboxylic acids is 3. The van der Waals surface area contributed by atoms with Crippen LogP contribution in [0.1, 0.15) is 103 Å². The molecule has 2 aromatic carbocycles. The Hall–Kier alpha value is -4.90. The molecule has 20 heteroatoms. The highest BCUT2D eigenvalue weighted by Crippen LogP contribution is 2.15. The van der Waals surface area contributed by atoms with Crippen LogP contribution in [-0.2, 0) is 89.3 Å². The van der Waals surface area contributed by atoms with Crippen molar-refractivity contribution in [2.45, 2.75) is 136 Å². The van der Waals surface area contributed by atoms with Gasteiger partial charge in [-0.3, -0.25) is 24.0 Å². The molecule has 20 nitrogen and oxygen atoms in total. The number of carbonyl (C=O) groups is 6. The fraction of sp³-hybridized carbons (Fsp3) is 0.647. The predicted molar refractivity (Wildman–Crippen MR) is 263 cm³/mol. The molecule has 0 radical (unpaired) electrons. The molecule has 0 bridgehead atoms. The molecule has 0 amide bonds. The Morgan fingerprint density at radius 2 is 0.718 bits per heavy atom. The number of carbonyl (C=O) groups excluding carboxylic acids is 3. The maximum absolute atomic E-state index is 11.8. The molecule has 5 N–H and O–H groups in total. The molecule has 0 fully saturated rings. The monoisotopic (exact) mass is 1020 g/mol. The smallest absolute Gasteiger partial charge is 0.320 e. The van der Waals surface area contributed by atoms with E-state index in [0.717, 1.165) is 17.4 Å². The number of aldehydes is 1. The van der Waals surface area contributed by atoms with Gasteiger partial charge >= 0.3 is 29.8 Å². The lowest BCUT2D eigenvalue weighted by molar-refractivity contribution is -0.151. The van der Waals surface area contributed by atoms with Crippen molar-refractivity contribution in [3.05, 3.63) is 71.8 Å². The molecule has 0 aromatic heterocycles. The van der Waals surface area contributed by atoms with Crippen molar-refractivity contribution in [2.24, 2.45) is 29.4 Å². The summed E-state index contributed by atoms with van der Waals surface area (Å²) < 4.78 is 49.9. The van der Waals surface area contributed by atoms with Gasteiger partial charge in [-0.2, -0.15) is 0 Å². The van der Waals surface area contributed by atoms with Gasteiger partial charge in [-0.25, -0.2) is 0 Å². The SMILES string of the molecule is CC(CCC=O)C(=O)OCc1ccccc1.COC(CCC(C)C(=O)O)OC.COC(CCC(C)C(=O)O)OC.COC(CCC(C)C(=O)OCc1ccccc1)OC.COC(CCC(N)C(=O)O)OC. The minimum Gasteiger partial charge on any atom is -0.481 e. The average Bonchev–Trinajstić information content (AvgIpc) is 3.38. The molecule has 0 aliphatic carbocycles. The normalized spacial score (nSPS) is 12.7. The first-order valence-corrected chi connectivity index (χ1v) is 23.3. The molecular weight excluding hydrogens is 931 g/mol. The van der Waals surface area contributed by atoms with Crippen molar-refractivity contribution >= 4 is 36.1 Å². The summed E-state index contributed by atoms with van der Waals surface area (Å²) in [6, 6.07) is 18.3. The lowest BCUT2D eigenvalue weighted by Crippen LogP contribution is -2.31. The molecule has 5 atom stereocenters. The second-order valence-corrected chi connectivity index (χ2v) is 16.1. The van der Waals surface area contributed by atoms with E-state index in [1.165, 1.54) is 14.2 Å². The number of hydrogen-bond acceptors (Lipinski definition) is 17. The molecule has 0 aliphatic rings. The first-order chi connectivity index (χ1) is 33.7. The van der Waals surface area contributed by atoms with Crippen LogP contribution in [0.4, 0.5) is 0 Å². The molecule has 408 valence electrons. The Morgan fingerprint density at radius 3 is 0.986 bits per heavy atom. The number of methoxy groups -OCH3 is 8. The van der Waals surface area contributed by atoms with Crippen molar-refractivity contribution < 1.29 is 91.5 Å². The van der Waals surface area contributed by atoms with Crippen LogP contribution >= 0.6 is 0 Å². The minimum atomic E-state index is -0.999.